The fourth-order valence-corrected chi connectivity index (χ4v) is 5.05. The van der Waals surface area contributed by atoms with Crippen molar-refractivity contribution in [1.29, 1.82) is 0 Å². The number of rotatable bonds is 7. The lowest BCUT2D eigenvalue weighted by Gasteiger charge is -2.28. The Labute approximate surface area is 215 Å². The second-order valence-corrected chi connectivity index (χ2v) is 9.45. The topological polar surface area (TPSA) is 73.6 Å². The van der Waals surface area contributed by atoms with Crippen LogP contribution in [0.25, 0.3) is 22.0 Å². The molecule has 8 nitrogen and oxygen atoms in total. The number of fused-ring (bicyclic) bond motifs is 1. The number of benzene rings is 2. The Balaban J connectivity index is 1.55. The van der Waals surface area contributed by atoms with Gasteiger partial charge in [0.25, 0.3) is 5.56 Å². The summed E-state index contributed by atoms with van der Waals surface area (Å²) in [7, 11) is 5.07. The monoisotopic (exact) mass is 507 g/mol. The Kier molecular flexibility index (Phi) is 7.00. The second kappa shape index (κ2) is 10.3. The van der Waals surface area contributed by atoms with Gasteiger partial charge in [-0.05, 0) is 29.8 Å². The van der Waals surface area contributed by atoms with Crippen LogP contribution < -0.4 is 20.3 Å². The molecule has 0 saturated carbocycles. The van der Waals surface area contributed by atoms with E-state index in [4.69, 9.17) is 21.1 Å². The van der Waals surface area contributed by atoms with Gasteiger partial charge in [0.1, 0.15) is 17.0 Å². The highest BCUT2D eigenvalue weighted by Gasteiger charge is 2.20. The van der Waals surface area contributed by atoms with E-state index in [0.717, 1.165) is 71.9 Å². The number of aryl methyl sites for hydroxylation is 1. The van der Waals surface area contributed by atoms with Gasteiger partial charge in [0.05, 0.1) is 27.0 Å². The summed E-state index contributed by atoms with van der Waals surface area (Å²) in [6.45, 7) is 5.16. The average Bonchev–Trinajstić information content (AvgIpc) is 3.31. The fourth-order valence-electron chi connectivity index (χ4n) is 4.76. The molecule has 36 heavy (non-hydrogen) atoms. The van der Waals surface area contributed by atoms with Crippen LogP contribution >= 0.6 is 11.6 Å². The quantitative estimate of drug-likeness (QED) is 0.412. The summed E-state index contributed by atoms with van der Waals surface area (Å²) in [6, 6.07) is 11.7. The van der Waals surface area contributed by atoms with E-state index in [1.165, 1.54) is 0 Å². The maximum Gasteiger partial charge on any atom is 0.276 e. The molecule has 1 aliphatic heterocycles. The number of halogens is 1. The van der Waals surface area contributed by atoms with Crippen molar-refractivity contribution in [2.24, 2.45) is 7.05 Å². The Bertz CT molecular complexity index is 1440. The van der Waals surface area contributed by atoms with Gasteiger partial charge in [0.15, 0.2) is 0 Å². The van der Waals surface area contributed by atoms with Gasteiger partial charge >= 0.3 is 0 Å². The molecule has 0 atom stereocenters. The first kappa shape index (κ1) is 24.4. The van der Waals surface area contributed by atoms with Crippen LogP contribution in [0.3, 0.4) is 0 Å². The molecule has 1 saturated heterocycles. The van der Waals surface area contributed by atoms with Crippen molar-refractivity contribution in [3.8, 4) is 22.6 Å². The molecule has 2 aromatic heterocycles. The highest BCUT2D eigenvalue weighted by Crippen LogP contribution is 2.37. The summed E-state index contributed by atoms with van der Waals surface area (Å²) >= 11 is 6.86. The number of pyridine rings is 1. The number of hydrogen-bond donors (Lipinski definition) is 1. The summed E-state index contributed by atoms with van der Waals surface area (Å²) in [5.74, 6) is 1.56. The van der Waals surface area contributed by atoms with Crippen LogP contribution in [-0.4, -0.2) is 59.6 Å². The zero-order valence-electron chi connectivity index (χ0n) is 20.8. The molecule has 3 heterocycles. The Hall–Kier alpha value is -3.33. The van der Waals surface area contributed by atoms with Crippen molar-refractivity contribution in [2.45, 2.75) is 13.1 Å². The van der Waals surface area contributed by atoms with Gasteiger partial charge < -0.3 is 19.4 Å². The largest absolute Gasteiger partial charge is 0.497 e. The van der Waals surface area contributed by atoms with Crippen molar-refractivity contribution in [3.05, 3.63) is 75.3 Å². The van der Waals surface area contributed by atoms with Gasteiger partial charge in [-0.1, -0.05) is 23.7 Å². The van der Waals surface area contributed by atoms with E-state index in [-0.39, 0.29) is 5.56 Å². The van der Waals surface area contributed by atoms with E-state index in [9.17, 15) is 4.79 Å². The number of nitrogens with one attached hydrogen (secondary N) is 1. The van der Waals surface area contributed by atoms with Gasteiger partial charge in [-0.2, -0.15) is 5.10 Å². The highest BCUT2D eigenvalue weighted by molar-refractivity contribution is 6.33. The molecule has 0 radical (unpaired) electrons. The SMILES string of the molecule is COc1ccc(Cn2ncc3c(-c4cc(OC)c(CN5CCNCC5)cc4Cl)cn(C)c(=O)c32)cc1. The molecule has 1 fully saturated rings. The molecule has 0 spiro atoms. The molecule has 0 unspecified atom stereocenters. The Morgan fingerprint density at radius 3 is 2.47 bits per heavy atom. The molecule has 9 heteroatoms. The molecule has 4 aromatic rings. The zero-order chi connectivity index (χ0) is 25.2. The maximum atomic E-state index is 13.2. The van der Waals surface area contributed by atoms with E-state index >= 15 is 0 Å². The van der Waals surface area contributed by atoms with E-state index in [1.807, 2.05) is 42.6 Å². The average molecular weight is 508 g/mol. The van der Waals surface area contributed by atoms with Crippen LogP contribution in [0.4, 0.5) is 0 Å². The summed E-state index contributed by atoms with van der Waals surface area (Å²) < 4.78 is 14.4. The highest BCUT2D eigenvalue weighted by atomic mass is 35.5. The predicted octanol–water partition coefficient (Wildman–Crippen LogP) is 3.53. The lowest BCUT2D eigenvalue weighted by atomic mass is 10.0. The first-order valence-electron chi connectivity index (χ1n) is 12.0. The normalized spacial score (nSPS) is 14.3. The van der Waals surface area contributed by atoms with Gasteiger partial charge in [0, 0.05) is 73.1 Å². The minimum absolute atomic E-state index is 0.113. The molecular weight excluding hydrogens is 478 g/mol. The van der Waals surface area contributed by atoms with Crippen molar-refractivity contribution < 1.29 is 9.47 Å². The predicted molar refractivity (Wildman–Crippen MR) is 142 cm³/mol. The summed E-state index contributed by atoms with van der Waals surface area (Å²) in [6.07, 6.45) is 3.56. The van der Waals surface area contributed by atoms with Crippen LogP contribution in [0.5, 0.6) is 11.5 Å². The smallest absolute Gasteiger partial charge is 0.276 e. The van der Waals surface area contributed by atoms with E-state index < -0.39 is 0 Å². The van der Waals surface area contributed by atoms with Gasteiger partial charge in [-0.3, -0.25) is 14.4 Å². The van der Waals surface area contributed by atoms with Crippen LogP contribution in [0.2, 0.25) is 5.02 Å². The number of aromatic nitrogens is 3. The number of piperazine rings is 1. The van der Waals surface area contributed by atoms with Gasteiger partial charge in [-0.15, -0.1) is 0 Å². The van der Waals surface area contributed by atoms with Crippen LogP contribution in [0, 0.1) is 0 Å². The molecule has 0 bridgehead atoms. The molecule has 1 aliphatic rings. The minimum atomic E-state index is -0.113. The van der Waals surface area contributed by atoms with Gasteiger partial charge in [-0.25, -0.2) is 0 Å². The van der Waals surface area contributed by atoms with Crippen LogP contribution in [0.1, 0.15) is 11.1 Å². The van der Waals surface area contributed by atoms with E-state index in [2.05, 4.69) is 15.3 Å². The first-order valence-corrected chi connectivity index (χ1v) is 12.3. The number of methoxy groups -OCH3 is 2. The summed E-state index contributed by atoms with van der Waals surface area (Å²) in [5, 5.41) is 9.32. The molecule has 5 rings (SSSR count). The standard InChI is InChI=1S/C27H30ClN5O3/c1-31-17-23(21-13-25(36-3)19(12-24(21)28)16-32-10-8-29-9-11-32)22-14-30-33(26(22)27(31)34)15-18-4-6-20(35-2)7-5-18/h4-7,12-14,17,29H,8-11,15-16H2,1-3H3. The maximum absolute atomic E-state index is 13.2. The van der Waals surface area contributed by atoms with Crippen LogP contribution in [-0.2, 0) is 20.1 Å². The van der Waals surface area contributed by atoms with E-state index in [0.29, 0.717) is 17.1 Å². The molecule has 188 valence electrons. The fraction of sp³-hybridized carbons (Fsp3) is 0.333. The Morgan fingerprint density at radius 1 is 1.03 bits per heavy atom. The lowest BCUT2D eigenvalue weighted by Crippen LogP contribution is -2.42. The van der Waals surface area contributed by atoms with E-state index in [1.54, 1.807) is 36.7 Å². The number of ether oxygens (including phenoxy) is 2. The first-order chi connectivity index (χ1) is 17.5. The minimum Gasteiger partial charge on any atom is -0.497 e. The lowest BCUT2D eigenvalue weighted by molar-refractivity contribution is 0.230. The molecule has 1 N–H and O–H groups in total. The van der Waals surface area contributed by atoms with Crippen molar-refractivity contribution in [2.75, 3.05) is 40.4 Å². The van der Waals surface area contributed by atoms with Crippen molar-refractivity contribution in [3.63, 3.8) is 0 Å². The van der Waals surface area contributed by atoms with Crippen molar-refractivity contribution in [1.82, 2.24) is 24.6 Å². The molecule has 0 amide bonds. The Morgan fingerprint density at radius 2 is 1.78 bits per heavy atom. The number of hydrogen-bond acceptors (Lipinski definition) is 6. The number of nitrogens with zero attached hydrogens (tertiary/aromatic N) is 4. The second-order valence-electron chi connectivity index (χ2n) is 9.04. The summed E-state index contributed by atoms with van der Waals surface area (Å²) in [4.78, 5) is 15.6. The summed E-state index contributed by atoms with van der Waals surface area (Å²) in [5.41, 5.74) is 4.13. The third-order valence-electron chi connectivity index (χ3n) is 6.73. The molecular formula is C27H30ClN5O3. The zero-order valence-corrected chi connectivity index (χ0v) is 21.5. The van der Waals surface area contributed by atoms with Gasteiger partial charge in [0.2, 0.25) is 0 Å². The molecule has 2 aromatic carbocycles. The third-order valence-corrected chi connectivity index (χ3v) is 7.04. The van der Waals surface area contributed by atoms with Crippen LogP contribution in [0.15, 0.2) is 53.6 Å². The third kappa shape index (κ3) is 4.72. The van der Waals surface area contributed by atoms with Crippen molar-refractivity contribution >= 4 is 22.5 Å². The molecule has 0 aliphatic carbocycles.